The van der Waals surface area contributed by atoms with Gasteiger partial charge in [0.25, 0.3) is 5.69 Å². The van der Waals surface area contributed by atoms with E-state index in [0.29, 0.717) is 5.56 Å². The Morgan fingerprint density at radius 1 is 1.20 bits per heavy atom. The Morgan fingerprint density at radius 3 is 2.35 bits per heavy atom. The van der Waals surface area contributed by atoms with Gasteiger partial charge in [0.15, 0.2) is 11.6 Å². The maximum Gasteiger partial charge on any atom is 0.272 e. The van der Waals surface area contributed by atoms with Gasteiger partial charge in [0.05, 0.1) is 11.0 Å². The number of halogens is 1. The first kappa shape index (κ1) is 13.5. The van der Waals surface area contributed by atoms with E-state index in [9.17, 15) is 19.3 Å². The van der Waals surface area contributed by atoms with Crippen molar-refractivity contribution in [1.29, 1.82) is 0 Å². The van der Waals surface area contributed by atoms with Crippen LogP contribution < -0.4 is 10.5 Å². The molecule has 0 heterocycles. The van der Waals surface area contributed by atoms with Crippen LogP contribution in [0.1, 0.15) is 10.4 Å². The third-order valence-electron chi connectivity index (χ3n) is 2.49. The van der Waals surface area contributed by atoms with Gasteiger partial charge in [-0.25, -0.2) is 4.39 Å². The molecule has 0 bridgehead atoms. The summed E-state index contributed by atoms with van der Waals surface area (Å²) in [6.07, 6.45) is 0. The highest BCUT2D eigenvalue weighted by atomic mass is 19.1. The van der Waals surface area contributed by atoms with Crippen LogP contribution in [0.2, 0.25) is 0 Å². The molecular formula is C13H9FN2O4. The third-order valence-corrected chi connectivity index (χ3v) is 2.49. The van der Waals surface area contributed by atoms with Crippen molar-refractivity contribution in [3.63, 3.8) is 0 Å². The Hall–Kier alpha value is -2.96. The van der Waals surface area contributed by atoms with E-state index in [-0.39, 0.29) is 17.2 Å². The van der Waals surface area contributed by atoms with Crippen LogP contribution in [0.25, 0.3) is 0 Å². The van der Waals surface area contributed by atoms with Gasteiger partial charge >= 0.3 is 0 Å². The molecule has 0 aliphatic rings. The van der Waals surface area contributed by atoms with Crippen molar-refractivity contribution >= 4 is 11.6 Å². The number of nitro benzene ring substituents is 1. The minimum Gasteiger partial charge on any atom is -0.454 e. The van der Waals surface area contributed by atoms with Gasteiger partial charge in [-0.15, -0.1) is 0 Å². The van der Waals surface area contributed by atoms with Crippen LogP contribution in [0, 0.1) is 15.9 Å². The molecule has 0 saturated carbocycles. The van der Waals surface area contributed by atoms with Crippen molar-refractivity contribution in [3.05, 3.63) is 64.0 Å². The van der Waals surface area contributed by atoms with Crippen molar-refractivity contribution < 1.29 is 18.8 Å². The number of non-ortho nitro benzene ring substituents is 1. The number of nitrogens with zero attached hydrogens (tertiary/aromatic N) is 1. The lowest BCUT2D eigenvalue weighted by Crippen LogP contribution is -2.10. The maximum atomic E-state index is 13.6. The summed E-state index contributed by atoms with van der Waals surface area (Å²) >= 11 is 0. The number of ether oxygens (including phenoxy) is 1. The van der Waals surface area contributed by atoms with Gasteiger partial charge in [0.2, 0.25) is 5.91 Å². The van der Waals surface area contributed by atoms with E-state index >= 15 is 0 Å². The van der Waals surface area contributed by atoms with E-state index < -0.39 is 16.6 Å². The van der Waals surface area contributed by atoms with Crippen LogP contribution in [0.15, 0.2) is 42.5 Å². The van der Waals surface area contributed by atoms with E-state index in [1.807, 2.05) is 0 Å². The molecule has 2 rings (SSSR count). The second kappa shape index (κ2) is 5.35. The van der Waals surface area contributed by atoms with Crippen LogP contribution in [0.3, 0.4) is 0 Å². The first-order valence-corrected chi connectivity index (χ1v) is 5.49. The number of benzene rings is 2. The fourth-order valence-corrected chi connectivity index (χ4v) is 1.50. The molecule has 0 saturated heterocycles. The number of amides is 1. The fraction of sp³-hybridized carbons (Fsp3) is 0. The number of carbonyl (C=O) groups is 1. The van der Waals surface area contributed by atoms with Crippen LogP contribution in [0.5, 0.6) is 11.5 Å². The minimum atomic E-state index is -0.849. The molecule has 6 nitrogen and oxygen atoms in total. The van der Waals surface area contributed by atoms with E-state index in [0.717, 1.165) is 18.2 Å². The van der Waals surface area contributed by atoms with E-state index in [1.54, 1.807) is 0 Å². The first-order chi connectivity index (χ1) is 9.47. The molecule has 0 fully saturated rings. The lowest BCUT2D eigenvalue weighted by Gasteiger charge is -2.06. The zero-order valence-corrected chi connectivity index (χ0v) is 10.1. The topological polar surface area (TPSA) is 95.5 Å². The van der Waals surface area contributed by atoms with Crippen LogP contribution in [-0.4, -0.2) is 10.8 Å². The summed E-state index contributed by atoms with van der Waals surface area (Å²) in [4.78, 5) is 20.7. The average Bonchev–Trinajstić information content (AvgIpc) is 2.41. The maximum absolute atomic E-state index is 13.6. The number of nitrogens with two attached hydrogens (primary N) is 1. The average molecular weight is 276 g/mol. The molecule has 0 aliphatic carbocycles. The van der Waals surface area contributed by atoms with Gasteiger partial charge in [0, 0.05) is 11.6 Å². The number of primary amides is 1. The Morgan fingerprint density at radius 2 is 1.85 bits per heavy atom. The quantitative estimate of drug-likeness (QED) is 0.685. The van der Waals surface area contributed by atoms with Gasteiger partial charge in [0.1, 0.15) is 5.75 Å². The Kier molecular flexibility index (Phi) is 3.60. The SMILES string of the molecule is NC(=O)c1ccc(Oc2ccc([N+](=O)[O-])cc2F)cc1. The molecule has 0 unspecified atom stereocenters. The summed E-state index contributed by atoms with van der Waals surface area (Å²) < 4.78 is 18.8. The third kappa shape index (κ3) is 2.89. The summed E-state index contributed by atoms with van der Waals surface area (Å²) in [7, 11) is 0. The molecule has 0 aromatic heterocycles. The highest BCUT2D eigenvalue weighted by Gasteiger charge is 2.12. The summed E-state index contributed by atoms with van der Waals surface area (Å²) in [5, 5.41) is 10.5. The van der Waals surface area contributed by atoms with Crippen molar-refractivity contribution in [1.82, 2.24) is 0 Å². The van der Waals surface area contributed by atoms with Crippen molar-refractivity contribution in [3.8, 4) is 11.5 Å². The molecule has 2 N–H and O–H groups in total. The smallest absolute Gasteiger partial charge is 0.272 e. The first-order valence-electron chi connectivity index (χ1n) is 5.49. The van der Waals surface area contributed by atoms with E-state index in [2.05, 4.69) is 0 Å². The normalized spacial score (nSPS) is 10.1. The Balaban J connectivity index is 2.21. The van der Waals surface area contributed by atoms with Gasteiger partial charge in [-0.2, -0.15) is 0 Å². The standard InChI is InChI=1S/C13H9FN2O4/c14-11-7-9(16(18)19)3-6-12(11)20-10-4-1-8(2-5-10)13(15)17/h1-7H,(H2,15,17). The summed E-state index contributed by atoms with van der Waals surface area (Å²) in [6.45, 7) is 0. The number of carbonyl (C=O) groups excluding carboxylic acids is 1. The second-order valence-electron chi connectivity index (χ2n) is 3.86. The van der Waals surface area contributed by atoms with E-state index in [1.165, 1.54) is 24.3 Å². The predicted octanol–water partition coefficient (Wildman–Crippen LogP) is 2.63. The van der Waals surface area contributed by atoms with Crippen molar-refractivity contribution in [2.24, 2.45) is 5.73 Å². The number of nitro groups is 1. The number of rotatable bonds is 4. The molecular weight excluding hydrogens is 267 g/mol. The Bertz CT molecular complexity index is 671. The zero-order valence-electron chi connectivity index (χ0n) is 10.1. The molecule has 1 amide bonds. The lowest BCUT2D eigenvalue weighted by molar-refractivity contribution is -0.385. The molecule has 0 atom stereocenters. The second-order valence-corrected chi connectivity index (χ2v) is 3.86. The number of hydrogen-bond donors (Lipinski definition) is 1. The highest BCUT2D eigenvalue weighted by molar-refractivity contribution is 5.92. The summed E-state index contributed by atoms with van der Waals surface area (Å²) in [6, 6.07) is 8.82. The van der Waals surface area contributed by atoms with Gasteiger partial charge in [-0.1, -0.05) is 0 Å². The predicted molar refractivity (Wildman–Crippen MR) is 68.1 cm³/mol. The summed E-state index contributed by atoms with van der Waals surface area (Å²) in [5.74, 6) is -1.30. The number of hydrogen-bond acceptors (Lipinski definition) is 4. The molecule has 102 valence electrons. The van der Waals surface area contributed by atoms with E-state index in [4.69, 9.17) is 10.5 Å². The molecule has 7 heteroatoms. The van der Waals surface area contributed by atoms with Crippen molar-refractivity contribution in [2.45, 2.75) is 0 Å². The van der Waals surface area contributed by atoms with Gasteiger partial charge in [-0.05, 0) is 30.3 Å². The van der Waals surface area contributed by atoms with Crippen LogP contribution >= 0.6 is 0 Å². The summed E-state index contributed by atoms with van der Waals surface area (Å²) in [5.41, 5.74) is 5.01. The Labute approximate surface area is 112 Å². The lowest BCUT2D eigenvalue weighted by atomic mass is 10.2. The van der Waals surface area contributed by atoms with Gasteiger partial charge < -0.3 is 10.5 Å². The van der Waals surface area contributed by atoms with Crippen LogP contribution in [0.4, 0.5) is 10.1 Å². The largest absolute Gasteiger partial charge is 0.454 e. The highest BCUT2D eigenvalue weighted by Crippen LogP contribution is 2.27. The monoisotopic (exact) mass is 276 g/mol. The molecule has 2 aromatic rings. The molecule has 0 radical (unpaired) electrons. The molecule has 0 aliphatic heterocycles. The van der Waals surface area contributed by atoms with Gasteiger partial charge in [-0.3, -0.25) is 14.9 Å². The molecule has 20 heavy (non-hydrogen) atoms. The minimum absolute atomic E-state index is 0.151. The fourth-order valence-electron chi connectivity index (χ4n) is 1.50. The molecule has 0 spiro atoms. The zero-order chi connectivity index (χ0) is 14.7. The van der Waals surface area contributed by atoms with Crippen molar-refractivity contribution in [2.75, 3.05) is 0 Å². The molecule has 2 aromatic carbocycles. The van der Waals surface area contributed by atoms with Crippen LogP contribution in [-0.2, 0) is 0 Å².